The van der Waals surface area contributed by atoms with Gasteiger partial charge < -0.3 is 19.5 Å². The molecule has 1 aromatic heterocycles. The Hall–Kier alpha value is -1.87. The molecule has 1 aromatic rings. The minimum absolute atomic E-state index is 0.0141. The van der Waals surface area contributed by atoms with Crippen LogP contribution in [-0.4, -0.2) is 54.1 Å². The predicted molar refractivity (Wildman–Crippen MR) is 99.7 cm³/mol. The molecule has 1 aliphatic heterocycles. The van der Waals surface area contributed by atoms with E-state index in [0.29, 0.717) is 50.9 Å². The Morgan fingerprint density at radius 1 is 1.21 bits per heavy atom. The minimum atomic E-state index is -4.43. The van der Waals surface area contributed by atoms with Crippen molar-refractivity contribution < 1.29 is 32.5 Å². The first kappa shape index (κ1) is 21.8. The lowest BCUT2D eigenvalue weighted by molar-refractivity contribution is -0.154. The number of pyridine rings is 1. The third kappa shape index (κ3) is 5.19. The first-order valence-corrected chi connectivity index (χ1v) is 9.94. The van der Waals surface area contributed by atoms with Crippen LogP contribution in [0.5, 0.6) is 5.88 Å². The highest BCUT2D eigenvalue weighted by atomic mass is 19.4. The van der Waals surface area contributed by atoms with Crippen molar-refractivity contribution in [3.8, 4) is 5.88 Å². The average molecular weight is 416 g/mol. The summed E-state index contributed by atoms with van der Waals surface area (Å²) in [7, 11) is 0. The fraction of sp³-hybridized carbons (Fsp3) is 0.700. The van der Waals surface area contributed by atoms with E-state index in [1.54, 1.807) is 11.0 Å². The summed E-state index contributed by atoms with van der Waals surface area (Å²) >= 11 is 0. The molecule has 2 fully saturated rings. The molecule has 2 heterocycles. The minimum Gasteiger partial charge on any atom is -0.468 e. The SMILES string of the molecule is CCCOC[C@]1(O)CC[C@]2(CCN(c3ccc(OCC(F)(F)F)nc3)C2=O)CC1. The molecule has 0 bridgehead atoms. The number of aliphatic hydroxyl groups is 1. The topological polar surface area (TPSA) is 71.9 Å². The molecular formula is C20H27F3N2O4. The van der Waals surface area contributed by atoms with Crippen molar-refractivity contribution in [2.45, 2.75) is 57.2 Å². The van der Waals surface area contributed by atoms with Gasteiger partial charge in [-0.05, 0) is 44.6 Å². The van der Waals surface area contributed by atoms with Crippen LogP contribution in [-0.2, 0) is 9.53 Å². The molecule has 0 atom stereocenters. The maximum absolute atomic E-state index is 13.1. The summed E-state index contributed by atoms with van der Waals surface area (Å²) in [6.45, 7) is 2.02. The quantitative estimate of drug-likeness (QED) is 0.689. The van der Waals surface area contributed by atoms with Gasteiger partial charge in [-0.1, -0.05) is 6.92 Å². The number of hydrogen-bond acceptors (Lipinski definition) is 5. The summed E-state index contributed by atoms with van der Waals surface area (Å²) in [4.78, 5) is 18.6. The number of nitrogens with zero attached hydrogens (tertiary/aromatic N) is 2. The van der Waals surface area contributed by atoms with E-state index >= 15 is 0 Å². The number of anilines is 1. The number of carbonyl (C=O) groups excluding carboxylic acids is 1. The Morgan fingerprint density at radius 2 is 1.93 bits per heavy atom. The number of carbonyl (C=O) groups is 1. The van der Waals surface area contributed by atoms with Crippen molar-refractivity contribution in [1.29, 1.82) is 0 Å². The Balaban J connectivity index is 1.59. The van der Waals surface area contributed by atoms with E-state index in [-0.39, 0.29) is 18.4 Å². The maximum atomic E-state index is 13.1. The molecule has 6 nitrogen and oxygen atoms in total. The predicted octanol–water partition coefficient (Wildman–Crippen LogP) is 3.48. The second-order valence-corrected chi connectivity index (χ2v) is 8.02. The second-order valence-electron chi connectivity index (χ2n) is 8.02. The van der Waals surface area contributed by atoms with Gasteiger partial charge in [0.1, 0.15) is 0 Å². The first-order chi connectivity index (χ1) is 13.7. The molecule has 2 aliphatic rings. The highest BCUT2D eigenvalue weighted by Crippen LogP contribution is 2.48. The smallest absolute Gasteiger partial charge is 0.422 e. The summed E-state index contributed by atoms with van der Waals surface area (Å²) in [5.74, 6) is -0.151. The van der Waals surface area contributed by atoms with Gasteiger partial charge in [0.25, 0.3) is 0 Å². The zero-order chi connectivity index (χ0) is 21.1. The van der Waals surface area contributed by atoms with Gasteiger partial charge in [0, 0.05) is 19.2 Å². The van der Waals surface area contributed by atoms with E-state index in [0.717, 1.165) is 6.42 Å². The standard InChI is InChI=1S/C20H27F3N2O4/c1-2-11-28-13-19(27)7-5-18(6-8-19)9-10-25(17(18)26)15-3-4-16(24-12-15)29-14-20(21,22)23/h3-4,12,27H,2,5-11,13-14H2,1H3/t18-,19+. The summed E-state index contributed by atoms with van der Waals surface area (Å²) in [6, 6.07) is 2.89. The molecular weight excluding hydrogens is 389 g/mol. The van der Waals surface area contributed by atoms with Crippen molar-refractivity contribution in [1.82, 2.24) is 4.98 Å². The Bertz CT molecular complexity index is 701. The first-order valence-electron chi connectivity index (χ1n) is 9.94. The van der Waals surface area contributed by atoms with Crippen LogP contribution in [0.25, 0.3) is 0 Å². The third-order valence-corrected chi connectivity index (χ3v) is 5.79. The van der Waals surface area contributed by atoms with Crippen molar-refractivity contribution in [3.05, 3.63) is 18.3 Å². The van der Waals surface area contributed by atoms with Crippen LogP contribution in [0.3, 0.4) is 0 Å². The highest BCUT2D eigenvalue weighted by Gasteiger charge is 2.51. The van der Waals surface area contributed by atoms with Gasteiger partial charge in [0.2, 0.25) is 11.8 Å². The molecule has 29 heavy (non-hydrogen) atoms. The molecule has 1 amide bonds. The fourth-order valence-corrected chi connectivity index (χ4v) is 4.05. The molecule has 1 spiro atoms. The molecule has 1 saturated heterocycles. The van der Waals surface area contributed by atoms with E-state index in [2.05, 4.69) is 9.72 Å². The Labute approximate surface area is 168 Å². The normalized spacial score (nSPS) is 27.6. The summed E-state index contributed by atoms with van der Waals surface area (Å²) in [5.41, 5.74) is -0.839. The molecule has 1 aliphatic carbocycles. The summed E-state index contributed by atoms with van der Waals surface area (Å²) in [6.07, 6.45) is 0.717. The number of rotatable bonds is 7. The molecule has 1 N–H and O–H groups in total. The van der Waals surface area contributed by atoms with Crippen molar-refractivity contribution in [3.63, 3.8) is 0 Å². The molecule has 162 valence electrons. The number of amides is 1. The van der Waals surface area contributed by atoms with Crippen molar-refractivity contribution in [2.24, 2.45) is 5.41 Å². The van der Waals surface area contributed by atoms with E-state index in [1.165, 1.54) is 12.3 Å². The van der Waals surface area contributed by atoms with E-state index in [9.17, 15) is 23.1 Å². The van der Waals surface area contributed by atoms with Crippen LogP contribution in [0.15, 0.2) is 18.3 Å². The van der Waals surface area contributed by atoms with Crippen LogP contribution >= 0.6 is 0 Å². The molecule has 3 rings (SSSR count). The van der Waals surface area contributed by atoms with Gasteiger partial charge in [-0.15, -0.1) is 0 Å². The van der Waals surface area contributed by atoms with Crippen LogP contribution < -0.4 is 9.64 Å². The third-order valence-electron chi connectivity index (χ3n) is 5.79. The molecule has 9 heteroatoms. The molecule has 0 unspecified atom stereocenters. The highest BCUT2D eigenvalue weighted by molar-refractivity contribution is 5.99. The molecule has 1 saturated carbocycles. The number of halogens is 3. The van der Waals surface area contributed by atoms with Crippen LogP contribution in [0.1, 0.15) is 45.4 Å². The van der Waals surface area contributed by atoms with E-state index in [1.807, 2.05) is 6.92 Å². The lowest BCUT2D eigenvalue weighted by atomic mass is 9.68. The zero-order valence-electron chi connectivity index (χ0n) is 16.5. The van der Waals surface area contributed by atoms with Gasteiger partial charge in [-0.25, -0.2) is 4.98 Å². The Kier molecular flexibility index (Phi) is 6.38. The maximum Gasteiger partial charge on any atom is 0.422 e. The fourth-order valence-electron chi connectivity index (χ4n) is 4.05. The number of alkyl halides is 3. The van der Waals surface area contributed by atoms with E-state index < -0.39 is 23.8 Å². The van der Waals surface area contributed by atoms with Gasteiger partial charge in [0.05, 0.1) is 29.5 Å². The van der Waals surface area contributed by atoms with Crippen LogP contribution in [0, 0.1) is 5.41 Å². The molecule has 0 radical (unpaired) electrons. The van der Waals surface area contributed by atoms with Gasteiger partial charge in [-0.3, -0.25) is 4.79 Å². The van der Waals surface area contributed by atoms with Crippen molar-refractivity contribution in [2.75, 3.05) is 31.3 Å². The van der Waals surface area contributed by atoms with Crippen LogP contribution in [0.2, 0.25) is 0 Å². The average Bonchev–Trinajstić information content (AvgIpc) is 3.00. The monoisotopic (exact) mass is 416 g/mol. The summed E-state index contributed by atoms with van der Waals surface area (Å²) < 4.78 is 46.8. The largest absolute Gasteiger partial charge is 0.468 e. The van der Waals surface area contributed by atoms with Gasteiger partial charge in [0.15, 0.2) is 6.61 Å². The lowest BCUT2D eigenvalue weighted by Gasteiger charge is -2.40. The van der Waals surface area contributed by atoms with Crippen LogP contribution in [0.4, 0.5) is 18.9 Å². The van der Waals surface area contributed by atoms with Crippen molar-refractivity contribution >= 4 is 11.6 Å². The second kappa shape index (κ2) is 8.47. The van der Waals surface area contributed by atoms with Gasteiger partial charge in [-0.2, -0.15) is 13.2 Å². The number of aromatic nitrogens is 1. The zero-order valence-corrected chi connectivity index (χ0v) is 16.5. The lowest BCUT2D eigenvalue weighted by Crippen LogP contribution is -2.45. The van der Waals surface area contributed by atoms with Gasteiger partial charge >= 0.3 is 6.18 Å². The summed E-state index contributed by atoms with van der Waals surface area (Å²) in [5, 5.41) is 10.7. The van der Waals surface area contributed by atoms with E-state index in [4.69, 9.17) is 4.74 Å². The number of hydrogen-bond donors (Lipinski definition) is 1. The molecule has 0 aromatic carbocycles. The number of ether oxygens (including phenoxy) is 2. The Morgan fingerprint density at radius 3 is 2.52 bits per heavy atom.